The lowest BCUT2D eigenvalue weighted by molar-refractivity contribution is 0.0809. The van der Waals surface area contributed by atoms with Gasteiger partial charge in [-0.3, -0.25) is 0 Å². The molecule has 2 rings (SSSR count). The normalized spacial score (nSPS) is 23.4. The Balaban J connectivity index is 2.27. The van der Waals surface area contributed by atoms with Crippen molar-refractivity contribution < 1.29 is 9.13 Å². The number of ether oxygens (including phenoxy) is 1. The molecule has 0 bridgehead atoms. The molecule has 0 amide bonds. The molecule has 100 valence electrons. The molecule has 1 saturated heterocycles. The summed E-state index contributed by atoms with van der Waals surface area (Å²) >= 11 is 5.97. The maximum Gasteiger partial charge on any atom is 0.137 e. The van der Waals surface area contributed by atoms with Crippen molar-refractivity contribution in [3.05, 3.63) is 28.8 Å². The molecule has 2 atom stereocenters. The molecule has 0 radical (unpaired) electrons. The Kier molecular flexibility index (Phi) is 4.13. The number of hydrogen-bond donors (Lipinski definition) is 1. The first kappa shape index (κ1) is 13.6. The summed E-state index contributed by atoms with van der Waals surface area (Å²) < 4.78 is 20.2. The average molecular weight is 272 g/mol. The number of piperidine rings is 1. The fraction of sp³-hybridized carbons (Fsp3) is 0.571. The molecule has 2 unspecified atom stereocenters. The van der Waals surface area contributed by atoms with Gasteiger partial charge in [0.1, 0.15) is 11.4 Å². The van der Waals surface area contributed by atoms with Crippen molar-refractivity contribution >= 4 is 11.6 Å². The van der Waals surface area contributed by atoms with Crippen LogP contribution in [0.25, 0.3) is 0 Å². The van der Waals surface area contributed by atoms with Crippen LogP contribution in [0.3, 0.4) is 0 Å². The van der Waals surface area contributed by atoms with Crippen molar-refractivity contribution in [2.45, 2.75) is 25.4 Å². The Bertz CT molecular complexity index is 416. The van der Waals surface area contributed by atoms with Crippen LogP contribution < -0.4 is 10.1 Å². The smallest absolute Gasteiger partial charge is 0.137 e. The largest absolute Gasteiger partial charge is 0.495 e. The minimum atomic E-state index is -1.36. The van der Waals surface area contributed by atoms with Crippen LogP contribution in [-0.2, 0) is 5.67 Å². The first-order chi connectivity index (χ1) is 8.55. The van der Waals surface area contributed by atoms with E-state index >= 15 is 4.39 Å². The van der Waals surface area contributed by atoms with Gasteiger partial charge in [0.2, 0.25) is 0 Å². The van der Waals surface area contributed by atoms with Crippen molar-refractivity contribution in [2.75, 3.05) is 20.2 Å². The molecule has 0 aliphatic carbocycles. The highest BCUT2D eigenvalue weighted by molar-refractivity contribution is 6.32. The summed E-state index contributed by atoms with van der Waals surface area (Å²) in [4.78, 5) is 0. The topological polar surface area (TPSA) is 21.3 Å². The van der Waals surface area contributed by atoms with E-state index in [1.807, 2.05) is 0 Å². The number of rotatable bonds is 3. The molecule has 1 aliphatic heterocycles. The molecule has 1 heterocycles. The van der Waals surface area contributed by atoms with Crippen LogP contribution in [-0.4, -0.2) is 20.2 Å². The van der Waals surface area contributed by atoms with Gasteiger partial charge in [-0.2, -0.15) is 0 Å². The third-order valence-electron chi connectivity index (χ3n) is 3.78. The summed E-state index contributed by atoms with van der Waals surface area (Å²) in [5.74, 6) is 0.527. The maximum absolute atomic E-state index is 15.0. The van der Waals surface area contributed by atoms with Crippen LogP contribution in [0.15, 0.2) is 18.2 Å². The second kappa shape index (κ2) is 5.45. The Morgan fingerprint density at radius 1 is 1.50 bits per heavy atom. The predicted octanol–water partition coefficient (Wildman–Crippen LogP) is 3.53. The standard InChI is InChI=1S/C14H19ClFNO/c1-14(16,11-4-3-7-17-9-11)10-5-6-12(15)13(8-10)18-2/h5-6,8,11,17H,3-4,7,9H2,1-2H3. The summed E-state index contributed by atoms with van der Waals surface area (Å²) in [5, 5.41) is 3.77. The zero-order valence-electron chi connectivity index (χ0n) is 10.8. The highest BCUT2D eigenvalue weighted by atomic mass is 35.5. The van der Waals surface area contributed by atoms with Crippen LogP contribution >= 0.6 is 11.6 Å². The van der Waals surface area contributed by atoms with Gasteiger partial charge in [0.05, 0.1) is 12.1 Å². The summed E-state index contributed by atoms with van der Waals surface area (Å²) in [5.41, 5.74) is -0.719. The van der Waals surface area contributed by atoms with Gasteiger partial charge in [-0.05, 0) is 44.0 Å². The fourth-order valence-corrected chi connectivity index (χ4v) is 2.71. The highest BCUT2D eigenvalue weighted by Crippen LogP contribution is 2.39. The van der Waals surface area contributed by atoms with Gasteiger partial charge in [0.25, 0.3) is 0 Å². The SMILES string of the molecule is COc1cc(C(C)(F)C2CCCNC2)ccc1Cl. The molecule has 18 heavy (non-hydrogen) atoms. The van der Waals surface area contributed by atoms with E-state index in [-0.39, 0.29) is 5.92 Å². The molecule has 1 aromatic carbocycles. The van der Waals surface area contributed by atoms with Crippen molar-refractivity contribution in [3.63, 3.8) is 0 Å². The fourth-order valence-electron chi connectivity index (χ4n) is 2.51. The zero-order chi connectivity index (χ0) is 13.2. The van der Waals surface area contributed by atoms with Crippen LogP contribution in [0, 0.1) is 5.92 Å². The van der Waals surface area contributed by atoms with Gasteiger partial charge in [-0.1, -0.05) is 17.7 Å². The molecule has 1 fully saturated rings. The lowest BCUT2D eigenvalue weighted by Gasteiger charge is -2.34. The monoisotopic (exact) mass is 271 g/mol. The summed E-state index contributed by atoms with van der Waals surface area (Å²) in [6.45, 7) is 3.35. The van der Waals surface area contributed by atoms with E-state index in [0.29, 0.717) is 16.3 Å². The van der Waals surface area contributed by atoms with Crippen LogP contribution in [0.2, 0.25) is 5.02 Å². The van der Waals surface area contributed by atoms with Gasteiger partial charge in [0, 0.05) is 12.5 Å². The van der Waals surface area contributed by atoms with Crippen molar-refractivity contribution in [1.29, 1.82) is 0 Å². The Hall–Kier alpha value is -0.800. The van der Waals surface area contributed by atoms with Gasteiger partial charge in [-0.15, -0.1) is 0 Å². The second-order valence-corrected chi connectivity index (χ2v) is 5.38. The van der Waals surface area contributed by atoms with Crippen LogP contribution in [0.4, 0.5) is 4.39 Å². The molecule has 2 nitrogen and oxygen atoms in total. The van der Waals surface area contributed by atoms with E-state index in [4.69, 9.17) is 16.3 Å². The number of nitrogens with one attached hydrogen (secondary N) is 1. The molecule has 0 saturated carbocycles. The second-order valence-electron chi connectivity index (χ2n) is 4.97. The molecule has 1 aromatic rings. The van der Waals surface area contributed by atoms with Gasteiger partial charge in [-0.25, -0.2) is 4.39 Å². The predicted molar refractivity (Wildman–Crippen MR) is 72.1 cm³/mol. The molecular formula is C14H19ClFNO. The van der Waals surface area contributed by atoms with Crippen LogP contribution in [0.1, 0.15) is 25.3 Å². The maximum atomic E-state index is 15.0. The number of halogens is 2. The lowest BCUT2D eigenvalue weighted by Crippen LogP contribution is -2.39. The zero-order valence-corrected chi connectivity index (χ0v) is 11.6. The molecule has 0 spiro atoms. The lowest BCUT2D eigenvalue weighted by atomic mass is 9.80. The van der Waals surface area contributed by atoms with Gasteiger partial charge >= 0.3 is 0 Å². The molecule has 1 aliphatic rings. The van der Waals surface area contributed by atoms with E-state index in [1.54, 1.807) is 32.2 Å². The number of benzene rings is 1. The number of hydrogen-bond acceptors (Lipinski definition) is 2. The number of methoxy groups -OCH3 is 1. The highest BCUT2D eigenvalue weighted by Gasteiger charge is 2.37. The third-order valence-corrected chi connectivity index (χ3v) is 4.09. The van der Waals surface area contributed by atoms with Crippen molar-refractivity contribution in [1.82, 2.24) is 5.32 Å². The molecule has 1 N–H and O–H groups in total. The number of alkyl halides is 1. The molecular weight excluding hydrogens is 253 g/mol. The summed E-state index contributed by atoms with van der Waals surface area (Å²) in [7, 11) is 1.54. The van der Waals surface area contributed by atoms with E-state index in [0.717, 1.165) is 25.9 Å². The quantitative estimate of drug-likeness (QED) is 0.908. The summed E-state index contributed by atoms with van der Waals surface area (Å²) in [6, 6.07) is 5.15. The van der Waals surface area contributed by atoms with Gasteiger partial charge < -0.3 is 10.1 Å². The first-order valence-electron chi connectivity index (χ1n) is 6.29. The third kappa shape index (κ3) is 2.62. The van der Waals surface area contributed by atoms with E-state index in [2.05, 4.69) is 5.32 Å². The minimum absolute atomic E-state index is 0.00266. The minimum Gasteiger partial charge on any atom is -0.495 e. The van der Waals surface area contributed by atoms with Crippen molar-refractivity contribution in [3.8, 4) is 5.75 Å². The molecule has 4 heteroatoms. The molecule has 0 aromatic heterocycles. The van der Waals surface area contributed by atoms with E-state index in [9.17, 15) is 0 Å². The van der Waals surface area contributed by atoms with Gasteiger partial charge in [0.15, 0.2) is 0 Å². The Morgan fingerprint density at radius 2 is 2.28 bits per heavy atom. The van der Waals surface area contributed by atoms with E-state index in [1.165, 1.54) is 0 Å². The first-order valence-corrected chi connectivity index (χ1v) is 6.67. The van der Waals surface area contributed by atoms with Crippen molar-refractivity contribution in [2.24, 2.45) is 5.92 Å². The Labute approximate surface area is 112 Å². The summed E-state index contributed by atoms with van der Waals surface area (Å²) in [6.07, 6.45) is 1.93. The van der Waals surface area contributed by atoms with Crippen LogP contribution in [0.5, 0.6) is 5.75 Å². The Morgan fingerprint density at radius 3 is 2.89 bits per heavy atom. The van der Waals surface area contributed by atoms with E-state index < -0.39 is 5.67 Å². The average Bonchev–Trinajstić information content (AvgIpc) is 2.40.